The van der Waals surface area contributed by atoms with Gasteiger partial charge in [0.1, 0.15) is 0 Å². The quantitative estimate of drug-likeness (QED) is 0.837. The predicted molar refractivity (Wildman–Crippen MR) is 70.6 cm³/mol. The summed E-state index contributed by atoms with van der Waals surface area (Å²) in [6.45, 7) is -0.449. The van der Waals surface area contributed by atoms with Gasteiger partial charge in [0.25, 0.3) is 0 Å². The Hall–Kier alpha value is -0.870. The lowest BCUT2D eigenvalue weighted by Crippen LogP contribution is -1.95. The lowest BCUT2D eigenvalue weighted by atomic mass is 10.1. The third-order valence-electron chi connectivity index (χ3n) is 2.38. The molecule has 1 aromatic heterocycles. The summed E-state index contributed by atoms with van der Waals surface area (Å²) in [7, 11) is 0. The summed E-state index contributed by atoms with van der Waals surface area (Å²) in [5.41, 5.74) is 1.10. The fraction of sp³-hybridized carbons (Fsp3) is 0.0833. The molecule has 0 atom stereocenters. The van der Waals surface area contributed by atoms with E-state index < -0.39 is 12.6 Å². The Morgan fingerprint density at radius 1 is 1.11 bits per heavy atom. The lowest BCUT2D eigenvalue weighted by Gasteiger charge is -2.09. The third-order valence-corrected chi connectivity index (χ3v) is 3.19. The van der Waals surface area contributed by atoms with Gasteiger partial charge in [-0.3, -0.25) is 0 Å². The minimum Gasteiger partial charge on any atom is -0.392 e. The molecule has 2 nitrogen and oxygen atoms in total. The Kier molecular flexibility index (Phi) is 4.07. The Morgan fingerprint density at radius 2 is 1.72 bits per heavy atom. The summed E-state index contributed by atoms with van der Waals surface area (Å²) in [5, 5.41) is 10.1. The van der Waals surface area contributed by atoms with Gasteiger partial charge in [0.15, 0.2) is 0 Å². The first kappa shape index (κ1) is 13.6. The van der Waals surface area contributed by atoms with Gasteiger partial charge >= 0.3 is 0 Å². The summed E-state index contributed by atoms with van der Waals surface area (Å²) >= 11 is 17.9. The van der Waals surface area contributed by atoms with E-state index in [9.17, 15) is 4.39 Å². The van der Waals surface area contributed by atoms with Crippen LogP contribution in [0.15, 0.2) is 24.4 Å². The molecule has 1 aromatic carbocycles. The number of nitrogens with zero attached hydrogens (tertiary/aromatic N) is 1. The first-order valence-corrected chi connectivity index (χ1v) is 6.06. The molecule has 1 heterocycles. The number of hydrogen-bond acceptors (Lipinski definition) is 2. The van der Waals surface area contributed by atoms with Crippen LogP contribution in [0, 0.1) is 5.95 Å². The normalized spacial score (nSPS) is 10.7. The van der Waals surface area contributed by atoms with Crippen LogP contribution >= 0.6 is 34.8 Å². The van der Waals surface area contributed by atoms with Gasteiger partial charge in [-0.2, -0.15) is 4.39 Å². The highest BCUT2D eigenvalue weighted by Gasteiger charge is 2.13. The molecule has 94 valence electrons. The molecule has 0 aliphatic carbocycles. The number of aliphatic hydroxyl groups is 1. The summed E-state index contributed by atoms with van der Waals surface area (Å²) < 4.78 is 13.2. The van der Waals surface area contributed by atoms with Crippen molar-refractivity contribution < 1.29 is 9.50 Å². The maximum absolute atomic E-state index is 13.2. The summed E-state index contributed by atoms with van der Waals surface area (Å²) in [5.74, 6) is -0.720. The van der Waals surface area contributed by atoms with E-state index >= 15 is 0 Å². The van der Waals surface area contributed by atoms with E-state index in [2.05, 4.69) is 4.98 Å². The number of aromatic nitrogens is 1. The largest absolute Gasteiger partial charge is 0.392 e. The average Bonchev–Trinajstić information content (AvgIpc) is 2.30. The zero-order chi connectivity index (χ0) is 13.3. The molecule has 2 rings (SSSR count). The van der Waals surface area contributed by atoms with Gasteiger partial charge in [-0.1, -0.05) is 34.8 Å². The van der Waals surface area contributed by atoms with Crippen LogP contribution in [0.2, 0.25) is 15.1 Å². The molecule has 18 heavy (non-hydrogen) atoms. The van der Waals surface area contributed by atoms with Crippen LogP contribution in [-0.2, 0) is 6.61 Å². The van der Waals surface area contributed by atoms with Crippen molar-refractivity contribution >= 4 is 34.8 Å². The molecule has 0 amide bonds. The number of hydrogen-bond donors (Lipinski definition) is 1. The van der Waals surface area contributed by atoms with Crippen molar-refractivity contribution in [3.05, 3.63) is 51.0 Å². The van der Waals surface area contributed by atoms with Crippen molar-refractivity contribution in [1.29, 1.82) is 0 Å². The van der Waals surface area contributed by atoms with Crippen LogP contribution in [0.3, 0.4) is 0 Å². The maximum atomic E-state index is 13.2. The summed E-state index contributed by atoms with van der Waals surface area (Å²) in [6, 6.07) is 4.52. The van der Waals surface area contributed by atoms with E-state index in [0.29, 0.717) is 26.2 Å². The molecule has 2 aromatic rings. The van der Waals surface area contributed by atoms with Gasteiger partial charge < -0.3 is 5.11 Å². The number of halogens is 4. The molecular weight excluding hydrogens is 299 g/mol. The lowest BCUT2D eigenvalue weighted by molar-refractivity contribution is 0.274. The monoisotopic (exact) mass is 305 g/mol. The van der Waals surface area contributed by atoms with E-state index in [1.54, 1.807) is 0 Å². The van der Waals surface area contributed by atoms with Crippen LogP contribution in [-0.4, -0.2) is 10.1 Å². The number of aliphatic hydroxyl groups excluding tert-OH is 1. The molecule has 0 aliphatic rings. The van der Waals surface area contributed by atoms with E-state index in [0.717, 1.165) is 0 Å². The molecule has 0 aliphatic heterocycles. The zero-order valence-corrected chi connectivity index (χ0v) is 11.2. The van der Waals surface area contributed by atoms with E-state index in [-0.39, 0.29) is 5.56 Å². The third kappa shape index (κ3) is 2.59. The minimum atomic E-state index is -0.720. The second kappa shape index (κ2) is 5.41. The fourth-order valence-electron chi connectivity index (χ4n) is 1.56. The van der Waals surface area contributed by atoms with Crippen LogP contribution in [0.25, 0.3) is 11.1 Å². The molecule has 0 radical (unpaired) electrons. The second-order valence-electron chi connectivity index (χ2n) is 3.58. The second-order valence-corrected chi connectivity index (χ2v) is 4.83. The maximum Gasteiger partial charge on any atom is 0.218 e. The van der Waals surface area contributed by atoms with Crippen molar-refractivity contribution in [3.63, 3.8) is 0 Å². The average molecular weight is 307 g/mol. The smallest absolute Gasteiger partial charge is 0.218 e. The van der Waals surface area contributed by atoms with Crippen LogP contribution in [0.4, 0.5) is 4.39 Å². The molecule has 0 bridgehead atoms. The summed E-state index contributed by atoms with van der Waals surface area (Å²) in [6.07, 6.45) is 1.30. The van der Waals surface area contributed by atoms with E-state index in [4.69, 9.17) is 39.9 Å². The first-order chi connectivity index (χ1) is 8.52. The van der Waals surface area contributed by atoms with Crippen molar-refractivity contribution in [1.82, 2.24) is 4.98 Å². The highest BCUT2D eigenvalue weighted by molar-refractivity contribution is 6.41. The van der Waals surface area contributed by atoms with E-state index in [1.807, 2.05) is 0 Å². The van der Waals surface area contributed by atoms with Crippen LogP contribution < -0.4 is 0 Å². The zero-order valence-electron chi connectivity index (χ0n) is 8.92. The van der Waals surface area contributed by atoms with Crippen molar-refractivity contribution in [2.75, 3.05) is 0 Å². The van der Waals surface area contributed by atoms with Gasteiger partial charge in [0.2, 0.25) is 5.95 Å². The molecule has 6 heteroatoms. The Bertz CT molecular complexity index is 581. The number of benzene rings is 1. The number of pyridine rings is 1. The Labute approximate surface area is 118 Å². The highest BCUT2D eigenvalue weighted by Crippen LogP contribution is 2.37. The topological polar surface area (TPSA) is 33.1 Å². The molecule has 0 saturated heterocycles. The minimum absolute atomic E-state index is 0.0783. The molecule has 0 spiro atoms. The highest BCUT2D eigenvalue weighted by atomic mass is 35.5. The Balaban J connectivity index is 2.62. The molecular formula is C12H7Cl3FNO. The molecule has 1 N–H and O–H groups in total. The Morgan fingerprint density at radius 3 is 2.28 bits per heavy atom. The molecule has 0 unspecified atom stereocenters. The fourth-order valence-corrected chi connectivity index (χ4v) is 2.59. The van der Waals surface area contributed by atoms with Crippen LogP contribution in [0.5, 0.6) is 0 Å². The van der Waals surface area contributed by atoms with Gasteiger partial charge in [-0.05, 0) is 18.2 Å². The standard InChI is InChI=1S/C12H7Cl3FNO/c13-8-2-9(14)11(10(15)3-8)6-1-7(5-18)12(16)17-4-6/h1-4,18H,5H2. The SMILES string of the molecule is OCc1cc(-c2c(Cl)cc(Cl)cc2Cl)cnc1F. The van der Waals surface area contributed by atoms with Crippen molar-refractivity contribution in [2.45, 2.75) is 6.61 Å². The van der Waals surface area contributed by atoms with Gasteiger partial charge in [0, 0.05) is 27.9 Å². The number of rotatable bonds is 2. The molecule has 0 saturated carbocycles. The summed E-state index contributed by atoms with van der Waals surface area (Å²) in [4.78, 5) is 3.55. The van der Waals surface area contributed by atoms with Gasteiger partial charge in [-0.25, -0.2) is 4.98 Å². The first-order valence-electron chi connectivity index (χ1n) is 4.93. The van der Waals surface area contributed by atoms with E-state index in [1.165, 1.54) is 24.4 Å². The van der Waals surface area contributed by atoms with Crippen LogP contribution in [0.1, 0.15) is 5.56 Å². The van der Waals surface area contributed by atoms with Gasteiger partial charge in [0.05, 0.1) is 16.7 Å². The molecule has 0 fully saturated rings. The van der Waals surface area contributed by atoms with Gasteiger partial charge in [-0.15, -0.1) is 0 Å². The van der Waals surface area contributed by atoms with Crippen molar-refractivity contribution in [2.24, 2.45) is 0 Å². The predicted octanol–water partition coefficient (Wildman–Crippen LogP) is 4.34. The van der Waals surface area contributed by atoms with Crippen molar-refractivity contribution in [3.8, 4) is 11.1 Å².